The van der Waals surface area contributed by atoms with Crippen LogP contribution in [0.1, 0.15) is 34.1 Å². The first kappa shape index (κ1) is 16.2. The summed E-state index contributed by atoms with van der Waals surface area (Å²) in [5.41, 5.74) is 0. The highest BCUT2D eigenvalue weighted by Gasteiger charge is 2.42. The molecule has 0 aromatic carbocycles. The zero-order valence-corrected chi connectivity index (χ0v) is 13.9. The molecule has 0 saturated carbocycles. The SMILES string of the molecule is CC(CO)C1CCNCC1O[Si](C)(C)C(C)(C)C. The summed E-state index contributed by atoms with van der Waals surface area (Å²) in [4.78, 5) is 0. The summed E-state index contributed by atoms with van der Waals surface area (Å²) < 4.78 is 6.54. The van der Waals surface area contributed by atoms with Crippen molar-refractivity contribution in [3.05, 3.63) is 0 Å². The second-order valence-electron chi connectivity index (χ2n) is 7.23. The van der Waals surface area contributed by atoms with Crippen molar-refractivity contribution in [3.8, 4) is 0 Å². The van der Waals surface area contributed by atoms with Crippen LogP contribution in [0.2, 0.25) is 18.1 Å². The van der Waals surface area contributed by atoms with Gasteiger partial charge in [-0.15, -0.1) is 0 Å². The molecule has 1 fully saturated rings. The Labute approximate surface area is 113 Å². The van der Waals surface area contributed by atoms with Crippen LogP contribution in [0.3, 0.4) is 0 Å². The van der Waals surface area contributed by atoms with Crippen molar-refractivity contribution in [2.75, 3.05) is 19.7 Å². The van der Waals surface area contributed by atoms with Gasteiger partial charge in [0.15, 0.2) is 8.32 Å². The summed E-state index contributed by atoms with van der Waals surface area (Å²) >= 11 is 0. The molecule has 1 heterocycles. The zero-order chi connectivity index (χ0) is 14.0. The number of rotatable bonds is 4. The van der Waals surface area contributed by atoms with Gasteiger partial charge in [0.1, 0.15) is 0 Å². The number of piperidine rings is 1. The molecule has 0 radical (unpaired) electrons. The van der Waals surface area contributed by atoms with Gasteiger partial charge in [0, 0.05) is 13.2 Å². The van der Waals surface area contributed by atoms with Gasteiger partial charge in [0.05, 0.1) is 6.10 Å². The second kappa shape index (κ2) is 6.03. The molecule has 0 aromatic rings. The third-order valence-corrected chi connectivity index (χ3v) is 9.25. The molecule has 0 aromatic heterocycles. The van der Waals surface area contributed by atoms with Gasteiger partial charge in [-0.25, -0.2) is 0 Å². The summed E-state index contributed by atoms with van der Waals surface area (Å²) in [6.45, 7) is 15.8. The minimum Gasteiger partial charge on any atom is -0.412 e. The molecule has 1 rings (SSSR count). The normalized spacial score (nSPS) is 28.2. The predicted molar refractivity (Wildman–Crippen MR) is 79.3 cm³/mol. The van der Waals surface area contributed by atoms with Gasteiger partial charge in [-0.3, -0.25) is 0 Å². The number of aliphatic hydroxyl groups is 1. The van der Waals surface area contributed by atoms with Crippen LogP contribution in [-0.2, 0) is 4.43 Å². The van der Waals surface area contributed by atoms with Crippen LogP contribution in [0.4, 0.5) is 0 Å². The van der Waals surface area contributed by atoms with E-state index in [0.29, 0.717) is 11.8 Å². The van der Waals surface area contributed by atoms with E-state index in [2.05, 4.69) is 46.1 Å². The van der Waals surface area contributed by atoms with Crippen molar-refractivity contribution in [2.45, 2.75) is 58.4 Å². The molecule has 3 atom stereocenters. The van der Waals surface area contributed by atoms with Crippen molar-refractivity contribution in [3.63, 3.8) is 0 Å². The van der Waals surface area contributed by atoms with Gasteiger partial charge in [-0.05, 0) is 42.9 Å². The number of aliphatic hydroxyl groups excluding tert-OH is 1. The maximum atomic E-state index is 9.40. The van der Waals surface area contributed by atoms with E-state index in [0.717, 1.165) is 19.5 Å². The van der Waals surface area contributed by atoms with Crippen LogP contribution in [0.5, 0.6) is 0 Å². The lowest BCUT2D eigenvalue weighted by molar-refractivity contribution is 0.0415. The Bertz CT molecular complexity index is 263. The Kier molecular flexibility index (Phi) is 5.41. The van der Waals surface area contributed by atoms with E-state index in [-0.39, 0.29) is 17.7 Å². The molecule has 0 spiro atoms. The molecule has 0 bridgehead atoms. The Morgan fingerprint density at radius 2 is 2.00 bits per heavy atom. The molecule has 0 aliphatic carbocycles. The van der Waals surface area contributed by atoms with Crippen molar-refractivity contribution in [1.29, 1.82) is 0 Å². The molecular weight excluding hydrogens is 242 g/mol. The molecule has 1 aliphatic heterocycles. The fourth-order valence-corrected chi connectivity index (χ4v) is 3.69. The lowest BCUT2D eigenvalue weighted by atomic mass is 9.84. The predicted octanol–water partition coefficient (Wildman–Crippen LogP) is 2.61. The molecular formula is C14H31NO2Si. The van der Waals surface area contributed by atoms with Crippen molar-refractivity contribution >= 4 is 8.32 Å². The first-order valence-corrected chi connectivity index (χ1v) is 10.1. The first-order valence-electron chi connectivity index (χ1n) is 7.18. The van der Waals surface area contributed by atoms with Gasteiger partial charge < -0.3 is 14.8 Å². The fraction of sp³-hybridized carbons (Fsp3) is 1.00. The lowest BCUT2D eigenvalue weighted by Gasteiger charge is -2.44. The van der Waals surface area contributed by atoms with E-state index in [1.165, 1.54) is 0 Å². The highest BCUT2D eigenvalue weighted by Crippen LogP contribution is 2.39. The molecule has 1 aliphatic rings. The van der Waals surface area contributed by atoms with Crippen LogP contribution in [-0.4, -0.2) is 39.2 Å². The molecule has 2 N–H and O–H groups in total. The summed E-state index contributed by atoms with van der Waals surface area (Å²) in [6.07, 6.45) is 1.38. The lowest BCUT2D eigenvalue weighted by Crippen LogP contribution is -2.52. The van der Waals surface area contributed by atoms with Crippen molar-refractivity contribution in [1.82, 2.24) is 5.32 Å². The largest absolute Gasteiger partial charge is 0.412 e. The maximum Gasteiger partial charge on any atom is 0.192 e. The van der Waals surface area contributed by atoms with E-state index in [9.17, 15) is 5.11 Å². The van der Waals surface area contributed by atoms with Gasteiger partial charge >= 0.3 is 0 Å². The van der Waals surface area contributed by atoms with Crippen LogP contribution in [0, 0.1) is 11.8 Å². The summed E-state index contributed by atoms with van der Waals surface area (Å²) in [5, 5.41) is 13.1. The molecule has 4 heteroatoms. The third kappa shape index (κ3) is 3.79. The smallest absolute Gasteiger partial charge is 0.192 e. The minimum atomic E-state index is -1.71. The number of hydrogen-bond donors (Lipinski definition) is 2. The fourth-order valence-electron chi connectivity index (χ4n) is 2.32. The zero-order valence-electron chi connectivity index (χ0n) is 12.9. The summed E-state index contributed by atoms with van der Waals surface area (Å²) in [6, 6.07) is 0. The van der Waals surface area contributed by atoms with E-state index < -0.39 is 8.32 Å². The first-order chi connectivity index (χ1) is 8.19. The number of hydrogen-bond acceptors (Lipinski definition) is 3. The molecule has 3 unspecified atom stereocenters. The van der Waals surface area contributed by atoms with Crippen LogP contribution in [0.15, 0.2) is 0 Å². The van der Waals surface area contributed by atoms with Crippen LogP contribution < -0.4 is 5.32 Å². The van der Waals surface area contributed by atoms with Gasteiger partial charge in [-0.2, -0.15) is 0 Å². The topological polar surface area (TPSA) is 41.5 Å². The minimum absolute atomic E-state index is 0.247. The standard InChI is InChI=1S/C14H31NO2Si/c1-11(10-16)12-7-8-15-9-13(12)17-18(5,6)14(2,3)4/h11-13,15-16H,7-10H2,1-6H3. The van der Waals surface area contributed by atoms with Gasteiger partial charge in [-0.1, -0.05) is 27.7 Å². The summed E-state index contributed by atoms with van der Waals surface area (Å²) in [7, 11) is -1.71. The molecule has 0 amide bonds. The molecule has 1 saturated heterocycles. The maximum absolute atomic E-state index is 9.40. The van der Waals surface area contributed by atoms with Crippen LogP contribution in [0.25, 0.3) is 0 Å². The Morgan fingerprint density at radius 1 is 1.39 bits per heavy atom. The average molecular weight is 273 g/mol. The van der Waals surface area contributed by atoms with E-state index in [4.69, 9.17) is 4.43 Å². The average Bonchev–Trinajstić information content (AvgIpc) is 2.26. The molecule has 18 heavy (non-hydrogen) atoms. The van der Waals surface area contributed by atoms with E-state index in [1.807, 2.05) is 0 Å². The molecule has 3 nitrogen and oxygen atoms in total. The van der Waals surface area contributed by atoms with Gasteiger partial charge in [0.25, 0.3) is 0 Å². The molecule has 108 valence electrons. The highest BCUT2D eigenvalue weighted by atomic mass is 28.4. The Hall–Kier alpha value is 0.0969. The summed E-state index contributed by atoms with van der Waals surface area (Å²) in [5.74, 6) is 0.826. The monoisotopic (exact) mass is 273 g/mol. The second-order valence-corrected chi connectivity index (χ2v) is 12.0. The van der Waals surface area contributed by atoms with E-state index >= 15 is 0 Å². The Morgan fingerprint density at radius 3 is 2.50 bits per heavy atom. The number of nitrogens with one attached hydrogen (secondary N) is 1. The van der Waals surface area contributed by atoms with E-state index in [1.54, 1.807) is 0 Å². The van der Waals surface area contributed by atoms with Gasteiger partial charge in [0.2, 0.25) is 0 Å². The van der Waals surface area contributed by atoms with Crippen molar-refractivity contribution in [2.24, 2.45) is 11.8 Å². The van der Waals surface area contributed by atoms with Crippen molar-refractivity contribution < 1.29 is 9.53 Å². The van der Waals surface area contributed by atoms with Crippen LogP contribution >= 0.6 is 0 Å². The quantitative estimate of drug-likeness (QED) is 0.774. The third-order valence-electron chi connectivity index (χ3n) is 4.75. The highest BCUT2D eigenvalue weighted by molar-refractivity contribution is 6.74. The Balaban J connectivity index is 2.73.